The van der Waals surface area contributed by atoms with Crippen LogP contribution >= 0.6 is 46.4 Å². The SMILES string of the molecule is CC1(C)OB(c2ccc(C[N+](C)(CCCl)CCCl)cc2)OC1(C)C.C[N+](CCCl)(CCCl)Cc1ccc(B(O)O)cc1.[Br-].[Br-]. The Balaban J connectivity index is 0.000000835. The zero-order valence-electron chi connectivity index (χ0n) is 26.7. The van der Waals surface area contributed by atoms with Gasteiger partial charge in [0, 0.05) is 11.1 Å². The van der Waals surface area contributed by atoms with E-state index >= 15 is 0 Å². The molecule has 0 spiro atoms. The molecule has 1 fully saturated rings. The van der Waals surface area contributed by atoms with E-state index in [1.54, 1.807) is 12.1 Å². The maximum atomic E-state index is 9.03. The van der Waals surface area contributed by atoms with Crippen LogP contribution in [0.3, 0.4) is 0 Å². The highest BCUT2D eigenvalue weighted by molar-refractivity contribution is 6.62. The molecular weight excluding hydrogens is 776 g/mol. The third-order valence-corrected chi connectivity index (χ3v) is 9.09. The van der Waals surface area contributed by atoms with E-state index in [0.717, 1.165) is 59.3 Å². The van der Waals surface area contributed by atoms with Gasteiger partial charge in [-0.05, 0) is 38.6 Å². The summed E-state index contributed by atoms with van der Waals surface area (Å²) >= 11 is 23.6. The molecular formula is C30H48B2Br2Cl4N2O4. The van der Waals surface area contributed by atoms with Crippen molar-refractivity contribution >= 4 is 71.6 Å². The summed E-state index contributed by atoms with van der Waals surface area (Å²) in [6.45, 7) is 13.6. The maximum absolute atomic E-state index is 9.03. The first-order valence-corrected chi connectivity index (χ1v) is 16.6. The Kier molecular flexibility index (Phi) is 20.3. The molecule has 2 aromatic carbocycles. The number of benzene rings is 2. The minimum absolute atomic E-state index is 0. The van der Waals surface area contributed by atoms with E-state index < -0.39 is 7.12 Å². The van der Waals surface area contributed by atoms with E-state index in [2.05, 4.69) is 66.1 Å². The van der Waals surface area contributed by atoms with Crippen molar-refractivity contribution in [2.45, 2.75) is 52.0 Å². The van der Waals surface area contributed by atoms with E-state index in [-0.39, 0.29) is 52.3 Å². The molecule has 0 radical (unpaired) electrons. The highest BCUT2D eigenvalue weighted by Crippen LogP contribution is 2.36. The van der Waals surface area contributed by atoms with Crippen molar-refractivity contribution in [3.8, 4) is 0 Å². The molecule has 0 amide bonds. The number of hydrogen-bond donors (Lipinski definition) is 2. The van der Waals surface area contributed by atoms with Crippen molar-refractivity contribution in [3.63, 3.8) is 0 Å². The Bertz CT molecular complexity index is 1060. The van der Waals surface area contributed by atoms with Crippen molar-refractivity contribution in [2.24, 2.45) is 0 Å². The predicted molar refractivity (Wildman–Crippen MR) is 181 cm³/mol. The zero-order chi connectivity index (χ0) is 31.6. The molecule has 0 aromatic heterocycles. The largest absolute Gasteiger partial charge is 1.00 e. The molecule has 0 atom stereocenters. The third-order valence-electron chi connectivity index (χ3n) is 8.41. The predicted octanol–water partition coefficient (Wildman–Crippen LogP) is -1.79. The number of hydrogen-bond acceptors (Lipinski definition) is 4. The van der Waals surface area contributed by atoms with Gasteiger partial charge in [0.1, 0.15) is 13.1 Å². The number of alkyl halides is 4. The fourth-order valence-electron chi connectivity index (χ4n) is 4.79. The first-order chi connectivity index (χ1) is 19.6. The molecule has 1 heterocycles. The first kappa shape index (κ1) is 44.4. The molecule has 3 rings (SSSR count). The Hall–Kier alpha value is 0.450. The van der Waals surface area contributed by atoms with E-state index in [0.29, 0.717) is 29.0 Å². The summed E-state index contributed by atoms with van der Waals surface area (Å²) in [6, 6.07) is 15.8. The number of nitrogens with zero attached hydrogens (tertiary/aromatic N) is 2. The van der Waals surface area contributed by atoms with Gasteiger partial charge < -0.3 is 62.3 Å². The molecule has 1 aliphatic heterocycles. The van der Waals surface area contributed by atoms with Gasteiger partial charge in [-0.1, -0.05) is 48.5 Å². The van der Waals surface area contributed by atoms with Crippen LogP contribution in [-0.4, -0.2) is 108 Å². The minimum atomic E-state index is -1.41. The molecule has 6 nitrogen and oxygen atoms in total. The van der Waals surface area contributed by atoms with Crippen LogP contribution in [-0.2, 0) is 22.4 Å². The highest BCUT2D eigenvalue weighted by Gasteiger charge is 2.51. The van der Waals surface area contributed by atoms with Crippen molar-refractivity contribution in [1.82, 2.24) is 0 Å². The molecule has 1 saturated heterocycles. The fraction of sp³-hybridized carbons (Fsp3) is 0.600. The number of quaternary nitrogens is 2. The average molecular weight is 824 g/mol. The molecule has 1 aliphatic rings. The van der Waals surface area contributed by atoms with Gasteiger partial charge in [0.15, 0.2) is 0 Å². The first-order valence-electron chi connectivity index (χ1n) is 14.4. The summed E-state index contributed by atoms with van der Waals surface area (Å²) in [5.74, 6) is 2.47. The zero-order valence-corrected chi connectivity index (χ0v) is 32.9. The van der Waals surface area contributed by atoms with E-state index in [1.807, 2.05) is 12.1 Å². The number of rotatable bonds is 14. The Morgan fingerprint density at radius 1 is 0.636 bits per heavy atom. The lowest BCUT2D eigenvalue weighted by molar-refractivity contribution is -0.918. The van der Waals surface area contributed by atoms with Gasteiger partial charge in [-0.25, -0.2) is 0 Å². The second kappa shape index (κ2) is 20.1. The Labute approximate surface area is 307 Å². The van der Waals surface area contributed by atoms with Crippen LogP contribution in [0, 0.1) is 0 Å². The van der Waals surface area contributed by atoms with Crippen molar-refractivity contribution in [2.75, 3.05) is 63.8 Å². The third kappa shape index (κ3) is 13.5. The molecule has 0 bridgehead atoms. The van der Waals surface area contributed by atoms with Crippen LogP contribution in [0.1, 0.15) is 38.8 Å². The maximum Gasteiger partial charge on any atom is 0.494 e. The topological polar surface area (TPSA) is 58.9 Å². The summed E-state index contributed by atoms with van der Waals surface area (Å²) < 4.78 is 13.8. The molecule has 0 aliphatic carbocycles. The number of halogens is 6. The van der Waals surface area contributed by atoms with Crippen LogP contribution in [0.4, 0.5) is 0 Å². The quantitative estimate of drug-likeness (QED) is 0.135. The average Bonchev–Trinajstić information content (AvgIpc) is 3.12. The van der Waals surface area contributed by atoms with Crippen molar-refractivity contribution in [1.29, 1.82) is 0 Å². The molecule has 0 unspecified atom stereocenters. The summed E-state index contributed by atoms with van der Waals surface area (Å²) in [6.07, 6.45) is 0. The molecule has 2 N–H and O–H groups in total. The van der Waals surface area contributed by atoms with Crippen LogP contribution < -0.4 is 44.9 Å². The van der Waals surface area contributed by atoms with Gasteiger partial charge in [-0.3, -0.25) is 0 Å². The molecule has 44 heavy (non-hydrogen) atoms. The smallest absolute Gasteiger partial charge is 0.494 e. The normalized spacial score (nSPS) is 15.5. The highest BCUT2D eigenvalue weighted by atomic mass is 79.9. The second-order valence-corrected chi connectivity index (χ2v) is 14.2. The van der Waals surface area contributed by atoms with Gasteiger partial charge in [-0.2, -0.15) is 0 Å². The Morgan fingerprint density at radius 3 is 1.25 bits per heavy atom. The summed E-state index contributed by atoms with van der Waals surface area (Å²) in [4.78, 5) is 0. The molecule has 14 heteroatoms. The monoisotopic (exact) mass is 820 g/mol. The standard InChI is InChI=1S/C18H29BCl2NO2.C12H19BCl2NO2.2BrH/c1-17(2)18(3,4)24-19(23-17)16-8-6-15(7-9-16)14-22(5,12-10-20)13-11-21;1-16(8-6-14,9-7-15)10-11-2-4-12(5-3-11)13(17)18;;/h6-9H,10-14H2,1-5H3;2-5,17-18H,6-10H2,1H3;2*1H/q2*+1;;/p-2. The fourth-order valence-corrected chi connectivity index (χ4v) is 6.42. The van der Waals surface area contributed by atoms with E-state index in [9.17, 15) is 0 Å². The molecule has 0 saturated carbocycles. The molecule has 2 aromatic rings. The lowest BCUT2D eigenvalue weighted by atomic mass is 9.79. The van der Waals surface area contributed by atoms with E-state index in [4.69, 9.17) is 65.8 Å². The van der Waals surface area contributed by atoms with Crippen LogP contribution in [0.5, 0.6) is 0 Å². The van der Waals surface area contributed by atoms with Crippen LogP contribution in [0.15, 0.2) is 48.5 Å². The van der Waals surface area contributed by atoms with Gasteiger partial charge in [0.05, 0.1) is 75.0 Å². The summed E-state index contributed by atoms with van der Waals surface area (Å²) in [7, 11) is 2.60. The van der Waals surface area contributed by atoms with Gasteiger partial charge in [0.25, 0.3) is 0 Å². The molecule has 250 valence electrons. The summed E-state index contributed by atoms with van der Waals surface area (Å²) in [5.41, 5.74) is 3.34. The Morgan fingerprint density at radius 2 is 0.955 bits per heavy atom. The lowest BCUT2D eigenvalue weighted by Crippen LogP contribution is -3.00. The van der Waals surface area contributed by atoms with Crippen LogP contribution in [0.2, 0.25) is 0 Å². The van der Waals surface area contributed by atoms with Gasteiger partial charge in [-0.15, -0.1) is 46.4 Å². The van der Waals surface area contributed by atoms with Gasteiger partial charge >= 0.3 is 14.2 Å². The van der Waals surface area contributed by atoms with E-state index in [1.165, 1.54) is 5.56 Å². The van der Waals surface area contributed by atoms with Crippen molar-refractivity contribution < 1.29 is 62.3 Å². The van der Waals surface area contributed by atoms with Gasteiger partial charge in [0.2, 0.25) is 0 Å². The minimum Gasteiger partial charge on any atom is -1.00 e. The van der Waals surface area contributed by atoms with Crippen LogP contribution in [0.25, 0.3) is 0 Å². The second-order valence-electron chi connectivity index (χ2n) is 12.7. The summed E-state index contributed by atoms with van der Waals surface area (Å²) in [5, 5.41) is 18.1. The van der Waals surface area contributed by atoms with Crippen molar-refractivity contribution in [3.05, 3.63) is 59.7 Å². The lowest BCUT2D eigenvalue weighted by Gasteiger charge is -2.33.